The Morgan fingerprint density at radius 3 is 2.56 bits per heavy atom. The van der Waals surface area contributed by atoms with Crippen molar-refractivity contribution >= 4 is 49.9 Å². The number of piperazine rings is 1. The fourth-order valence-electron chi connectivity index (χ4n) is 4.69. The van der Waals surface area contributed by atoms with Crippen LogP contribution in [-0.2, 0) is 16.6 Å². The molecule has 1 atom stereocenters. The molecular weight excluding hydrogens is 514 g/mol. The lowest BCUT2D eigenvalue weighted by Crippen LogP contribution is -2.49. The van der Waals surface area contributed by atoms with Gasteiger partial charge in [0.25, 0.3) is 0 Å². The zero-order valence-corrected chi connectivity index (χ0v) is 23.8. The monoisotopic (exact) mass is 549 g/mol. The summed E-state index contributed by atoms with van der Waals surface area (Å²) >= 11 is 0. The lowest BCUT2D eigenvalue weighted by atomic mass is 10.2. The van der Waals surface area contributed by atoms with E-state index in [9.17, 15) is 8.42 Å². The molecule has 0 unspecified atom stereocenters. The minimum absolute atomic E-state index is 0.385. The van der Waals surface area contributed by atoms with Crippen molar-refractivity contribution in [3.8, 4) is 0 Å². The van der Waals surface area contributed by atoms with Crippen molar-refractivity contribution in [2.75, 3.05) is 66.5 Å². The SMILES string of the molecule is C[C@H]1CN(c2ccc(Nc3ncc4ccn(Cc5cc(N(C)C)cnc5N(C)S(C)(=O)=O)c4n3)cc2)CCN1. The number of pyridine rings is 1. The number of aromatic nitrogens is 4. The van der Waals surface area contributed by atoms with Gasteiger partial charge in [-0.15, -0.1) is 0 Å². The van der Waals surface area contributed by atoms with E-state index in [1.807, 2.05) is 54.0 Å². The molecule has 0 saturated carbocycles. The first-order valence-corrected chi connectivity index (χ1v) is 14.7. The summed E-state index contributed by atoms with van der Waals surface area (Å²) in [6, 6.07) is 12.7. The molecule has 1 aliphatic heterocycles. The Bertz CT molecular complexity index is 1570. The first-order valence-electron chi connectivity index (χ1n) is 12.9. The first-order chi connectivity index (χ1) is 18.6. The van der Waals surface area contributed by atoms with Crippen LogP contribution in [0.3, 0.4) is 0 Å². The van der Waals surface area contributed by atoms with Crippen LogP contribution in [0.4, 0.5) is 28.8 Å². The summed E-state index contributed by atoms with van der Waals surface area (Å²) in [4.78, 5) is 18.1. The van der Waals surface area contributed by atoms with Crippen molar-refractivity contribution < 1.29 is 8.42 Å². The molecule has 4 heterocycles. The van der Waals surface area contributed by atoms with Gasteiger partial charge in [0.2, 0.25) is 16.0 Å². The lowest BCUT2D eigenvalue weighted by molar-refractivity contribution is 0.485. The van der Waals surface area contributed by atoms with Gasteiger partial charge in [-0.1, -0.05) is 0 Å². The molecular formula is C27H35N9O2S. The van der Waals surface area contributed by atoms with E-state index in [0.29, 0.717) is 24.4 Å². The molecule has 206 valence electrons. The normalized spacial score (nSPS) is 15.9. The van der Waals surface area contributed by atoms with Crippen LogP contribution < -0.4 is 24.7 Å². The van der Waals surface area contributed by atoms with Crippen LogP contribution in [-0.4, -0.2) is 81.0 Å². The highest BCUT2D eigenvalue weighted by atomic mass is 32.2. The van der Waals surface area contributed by atoms with E-state index in [2.05, 4.69) is 44.6 Å². The molecule has 3 aromatic heterocycles. The van der Waals surface area contributed by atoms with Gasteiger partial charge >= 0.3 is 0 Å². The highest BCUT2D eigenvalue weighted by Gasteiger charge is 2.20. The second-order valence-corrected chi connectivity index (χ2v) is 12.2. The quantitative estimate of drug-likeness (QED) is 0.343. The van der Waals surface area contributed by atoms with Gasteiger partial charge in [0.05, 0.1) is 24.7 Å². The van der Waals surface area contributed by atoms with E-state index in [4.69, 9.17) is 4.98 Å². The fourth-order valence-corrected chi connectivity index (χ4v) is 5.16. The second kappa shape index (κ2) is 10.7. The van der Waals surface area contributed by atoms with Crippen LogP contribution in [0.1, 0.15) is 12.5 Å². The number of sulfonamides is 1. The van der Waals surface area contributed by atoms with Crippen molar-refractivity contribution in [2.24, 2.45) is 0 Å². The van der Waals surface area contributed by atoms with Gasteiger partial charge in [0, 0.05) is 81.5 Å². The number of hydrogen-bond donors (Lipinski definition) is 2. The van der Waals surface area contributed by atoms with Crippen LogP contribution in [0.15, 0.2) is 55.0 Å². The number of nitrogens with zero attached hydrogens (tertiary/aromatic N) is 7. The largest absolute Gasteiger partial charge is 0.376 e. The van der Waals surface area contributed by atoms with Gasteiger partial charge < -0.3 is 25.0 Å². The van der Waals surface area contributed by atoms with Gasteiger partial charge in [-0.05, 0) is 43.3 Å². The Morgan fingerprint density at radius 1 is 1.10 bits per heavy atom. The lowest BCUT2D eigenvalue weighted by Gasteiger charge is -2.33. The Labute approximate surface area is 229 Å². The van der Waals surface area contributed by atoms with Crippen LogP contribution in [0, 0.1) is 0 Å². The molecule has 2 N–H and O–H groups in total. The molecule has 1 aliphatic rings. The minimum Gasteiger partial charge on any atom is -0.376 e. The van der Waals surface area contributed by atoms with Crippen molar-refractivity contribution in [1.82, 2.24) is 24.8 Å². The average molecular weight is 550 g/mol. The maximum atomic E-state index is 12.3. The smallest absolute Gasteiger partial charge is 0.233 e. The minimum atomic E-state index is -3.48. The number of fused-ring (bicyclic) bond motifs is 1. The molecule has 5 rings (SSSR count). The molecule has 1 aromatic carbocycles. The number of anilines is 5. The van der Waals surface area contributed by atoms with E-state index in [1.54, 1.807) is 12.4 Å². The molecule has 0 aliphatic carbocycles. The van der Waals surface area contributed by atoms with Gasteiger partial charge in [0.15, 0.2) is 0 Å². The maximum Gasteiger partial charge on any atom is 0.233 e. The number of benzene rings is 1. The molecule has 0 bridgehead atoms. The number of hydrogen-bond acceptors (Lipinski definition) is 9. The Kier molecular flexibility index (Phi) is 7.32. The van der Waals surface area contributed by atoms with Gasteiger partial charge in [-0.25, -0.2) is 18.4 Å². The zero-order valence-electron chi connectivity index (χ0n) is 23.0. The van der Waals surface area contributed by atoms with Gasteiger partial charge in [-0.3, -0.25) is 4.31 Å². The third-order valence-corrected chi connectivity index (χ3v) is 8.11. The third-order valence-electron chi connectivity index (χ3n) is 6.94. The summed E-state index contributed by atoms with van der Waals surface area (Å²) in [7, 11) is 1.88. The van der Waals surface area contributed by atoms with E-state index >= 15 is 0 Å². The standard InChI is InChI=1S/C27H35N9O2S/c1-19-17-35(13-11-28-19)23-8-6-22(7-9-23)31-27-30-15-20-10-12-36(26(20)32-27)18-21-14-24(33(2)3)16-29-25(21)34(4)39(5,37)38/h6-10,12,14-16,19,28H,11,13,17-18H2,1-5H3,(H,30,31,32)/t19-/m0/s1. The fraction of sp³-hybridized carbons (Fsp3) is 0.370. The van der Waals surface area contributed by atoms with Gasteiger partial charge in [-0.2, -0.15) is 4.98 Å². The summed E-state index contributed by atoms with van der Waals surface area (Å²) in [5.41, 5.74) is 4.48. The first kappa shape index (κ1) is 26.7. The van der Waals surface area contributed by atoms with Crippen LogP contribution >= 0.6 is 0 Å². The van der Waals surface area contributed by atoms with Crippen LogP contribution in [0.2, 0.25) is 0 Å². The van der Waals surface area contributed by atoms with Crippen molar-refractivity contribution in [2.45, 2.75) is 19.5 Å². The topological polar surface area (TPSA) is 112 Å². The van der Waals surface area contributed by atoms with Crippen molar-refractivity contribution in [1.29, 1.82) is 0 Å². The summed E-state index contributed by atoms with van der Waals surface area (Å²) in [5.74, 6) is 0.871. The molecule has 0 radical (unpaired) electrons. The molecule has 0 amide bonds. The van der Waals surface area contributed by atoms with Crippen LogP contribution in [0.5, 0.6) is 0 Å². The highest BCUT2D eigenvalue weighted by Crippen LogP contribution is 2.27. The molecule has 11 nitrogen and oxygen atoms in total. The van der Waals surface area contributed by atoms with E-state index < -0.39 is 10.0 Å². The Morgan fingerprint density at radius 2 is 1.87 bits per heavy atom. The summed E-state index contributed by atoms with van der Waals surface area (Å²) in [6.45, 7) is 5.55. The second-order valence-electron chi connectivity index (χ2n) is 10.2. The third kappa shape index (κ3) is 5.91. The summed E-state index contributed by atoms with van der Waals surface area (Å²) in [5, 5.41) is 7.68. The predicted molar refractivity (Wildman–Crippen MR) is 158 cm³/mol. The molecule has 0 spiro atoms. The molecule has 1 saturated heterocycles. The zero-order chi connectivity index (χ0) is 27.7. The predicted octanol–water partition coefficient (Wildman–Crippen LogP) is 2.88. The molecule has 1 fully saturated rings. The number of rotatable bonds is 8. The van der Waals surface area contributed by atoms with E-state index in [1.165, 1.54) is 23.3 Å². The van der Waals surface area contributed by atoms with Crippen molar-refractivity contribution in [3.05, 3.63) is 60.6 Å². The Balaban J connectivity index is 1.40. The number of nitrogens with one attached hydrogen (secondary N) is 2. The molecule has 4 aromatic rings. The average Bonchev–Trinajstić information content (AvgIpc) is 3.30. The van der Waals surface area contributed by atoms with Crippen molar-refractivity contribution in [3.63, 3.8) is 0 Å². The summed E-state index contributed by atoms with van der Waals surface area (Å²) in [6.07, 6.45) is 6.56. The van der Waals surface area contributed by atoms with Gasteiger partial charge in [0.1, 0.15) is 11.5 Å². The highest BCUT2D eigenvalue weighted by molar-refractivity contribution is 7.92. The summed E-state index contributed by atoms with van der Waals surface area (Å²) < 4.78 is 27.8. The Hall–Kier alpha value is -3.90. The molecule has 12 heteroatoms. The molecule has 39 heavy (non-hydrogen) atoms. The van der Waals surface area contributed by atoms with E-state index in [-0.39, 0.29) is 0 Å². The maximum absolute atomic E-state index is 12.3. The van der Waals surface area contributed by atoms with Crippen LogP contribution in [0.25, 0.3) is 11.0 Å². The van der Waals surface area contributed by atoms with E-state index in [0.717, 1.165) is 47.6 Å².